The van der Waals surface area contributed by atoms with Crippen molar-refractivity contribution in [1.82, 2.24) is 10.2 Å². The van der Waals surface area contributed by atoms with Gasteiger partial charge in [-0.25, -0.2) is 0 Å². The van der Waals surface area contributed by atoms with Crippen molar-refractivity contribution in [2.24, 2.45) is 11.8 Å². The highest BCUT2D eigenvalue weighted by molar-refractivity contribution is 6.36. The van der Waals surface area contributed by atoms with Gasteiger partial charge in [-0.1, -0.05) is 60.0 Å². The molecule has 1 atom stereocenters. The third kappa shape index (κ3) is 6.01. The van der Waals surface area contributed by atoms with Crippen molar-refractivity contribution in [3.63, 3.8) is 0 Å². The molecule has 6 heteroatoms. The van der Waals surface area contributed by atoms with Gasteiger partial charge in [0.2, 0.25) is 0 Å². The van der Waals surface area contributed by atoms with Crippen LogP contribution in [0.2, 0.25) is 10.0 Å². The normalized spacial score (nSPS) is 22.5. The maximum Gasteiger partial charge on any atom is 0.254 e. The molecular formula is C25H30Cl2N2O2. The zero-order valence-corrected chi connectivity index (χ0v) is 19.2. The number of carbonyl (C=O) groups excluding carboxylic acids is 1. The summed E-state index contributed by atoms with van der Waals surface area (Å²) >= 11 is 12.3. The largest absolute Gasteiger partial charge is 0.376 e. The molecule has 1 amide bonds. The number of nitrogens with zero attached hydrogens (tertiary/aromatic N) is 1. The first kappa shape index (κ1) is 22.6. The quantitative estimate of drug-likeness (QED) is 0.542. The summed E-state index contributed by atoms with van der Waals surface area (Å²) in [4.78, 5) is 15.4. The lowest BCUT2D eigenvalue weighted by atomic mass is 9.73. The Hall–Kier alpha value is -1.59. The van der Waals surface area contributed by atoms with E-state index in [9.17, 15) is 4.79 Å². The minimum atomic E-state index is -0.124. The fourth-order valence-electron chi connectivity index (χ4n) is 4.69. The molecule has 1 heterocycles. The summed E-state index contributed by atoms with van der Waals surface area (Å²) in [6.07, 6.45) is 5.83. The number of carbonyl (C=O) groups is 1. The molecule has 1 unspecified atom stereocenters. The van der Waals surface area contributed by atoms with Crippen LogP contribution in [0.25, 0.3) is 0 Å². The van der Waals surface area contributed by atoms with Gasteiger partial charge in [0, 0.05) is 24.7 Å². The van der Waals surface area contributed by atoms with E-state index >= 15 is 0 Å². The van der Waals surface area contributed by atoms with Crippen molar-refractivity contribution < 1.29 is 9.53 Å². The monoisotopic (exact) mass is 460 g/mol. The second-order valence-corrected chi connectivity index (χ2v) is 9.58. The van der Waals surface area contributed by atoms with Crippen molar-refractivity contribution >= 4 is 29.1 Å². The van der Waals surface area contributed by atoms with E-state index < -0.39 is 0 Å². The molecule has 1 saturated carbocycles. The number of nitrogens with one attached hydrogen (secondary N) is 1. The second-order valence-electron chi connectivity index (χ2n) is 8.74. The number of amides is 1. The molecule has 31 heavy (non-hydrogen) atoms. The van der Waals surface area contributed by atoms with Gasteiger partial charge < -0.3 is 10.1 Å². The lowest BCUT2D eigenvalue weighted by Gasteiger charge is -2.46. The SMILES string of the molecule is O=C(NC(C1CC(COCc2ccccc2)C1)N1CCCCC1)c1ccc(Cl)cc1Cl. The maximum atomic E-state index is 13.0. The Labute approximate surface area is 194 Å². The van der Waals surface area contributed by atoms with Crippen LogP contribution >= 0.6 is 23.2 Å². The summed E-state index contributed by atoms with van der Waals surface area (Å²) in [6, 6.07) is 15.3. The van der Waals surface area contributed by atoms with E-state index in [1.54, 1.807) is 18.2 Å². The van der Waals surface area contributed by atoms with Gasteiger partial charge in [-0.05, 0) is 61.3 Å². The minimum absolute atomic E-state index is 0.0462. The minimum Gasteiger partial charge on any atom is -0.376 e. The Morgan fingerprint density at radius 2 is 1.81 bits per heavy atom. The number of benzene rings is 2. The fraction of sp³-hybridized carbons (Fsp3) is 0.480. The smallest absolute Gasteiger partial charge is 0.254 e. The Bertz CT molecular complexity index is 865. The van der Waals surface area contributed by atoms with Crippen LogP contribution in [0.4, 0.5) is 0 Å². The van der Waals surface area contributed by atoms with Crippen molar-refractivity contribution in [2.75, 3.05) is 19.7 Å². The van der Waals surface area contributed by atoms with Crippen molar-refractivity contribution in [2.45, 2.75) is 44.9 Å². The van der Waals surface area contributed by atoms with Crippen LogP contribution < -0.4 is 5.32 Å². The van der Waals surface area contributed by atoms with E-state index in [1.807, 2.05) is 18.2 Å². The Kier molecular flexibility index (Phi) is 7.89. The van der Waals surface area contributed by atoms with Gasteiger partial charge >= 0.3 is 0 Å². The van der Waals surface area contributed by atoms with Gasteiger partial charge in [-0.2, -0.15) is 0 Å². The van der Waals surface area contributed by atoms with Crippen molar-refractivity contribution in [3.05, 3.63) is 69.7 Å². The van der Waals surface area contributed by atoms with Gasteiger partial charge in [0.1, 0.15) is 0 Å². The van der Waals surface area contributed by atoms with Crippen LogP contribution in [0, 0.1) is 11.8 Å². The zero-order chi connectivity index (χ0) is 21.6. The fourth-order valence-corrected chi connectivity index (χ4v) is 5.18. The Morgan fingerprint density at radius 1 is 1.06 bits per heavy atom. The lowest BCUT2D eigenvalue weighted by Crippen LogP contribution is -2.57. The van der Waals surface area contributed by atoms with Crippen LogP contribution in [0.3, 0.4) is 0 Å². The Morgan fingerprint density at radius 3 is 2.52 bits per heavy atom. The number of hydrogen-bond donors (Lipinski definition) is 1. The van der Waals surface area contributed by atoms with E-state index in [4.69, 9.17) is 27.9 Å². The van der Waals surface area contributed by atoms with E-state index in [1.165, 1.54) is 24.8 Å². The molecule has 1 saturated heterocycles. The third-order valence-electron chi connectivity index (χ3n) is 6.42. The Balaban J connectivity index is 1.33. The highest BCUT2D eigenvalue weighted by atomic mass is 35.5. The molecule has 4 rings (SSSR count). The molecular weight excluding hydrogens is 431 g/mol. The molecule has 2 fully saturated rings. The number of likely N-dealkylation sites (tertiary alicyclic amines) is 1. The van der Waals surface area contributed by atoms with Gasteiger partial charge in [-0.3, -0.25) is 9.69 Å². The summed E-state index contributed by atoms with van der Waals surface area (Å²) < 4.78 is 5.94. The number of hydrogen-bond acceptors (Lipinski definition) is 3. The summed E-state index contributed by atoms with van der Waals surface area (Å²) in [5.41, 5.74) is 1.69. The molecule has 1 aliphatic carbocycles. The first-order valence-corrected chi connectivity index (χ1v) is 12.0. The molecule has 2 aliphatic rings. The van der Waals surface area contributed by atoms with Crippen molar-refractivity contribution in [3.8, 4) is 0 Å². The zero-order valence-electron chi connectivity index (χ0n) is 17.7. The number of rotatable bonds is 8. The first-order valence-electron chi connectivity index (χ1n) is 11.2. The molecule has 1 aliphatic heterocycles. The van der Waals surface area contributed by atoms with E-state index in [0.29, 0.717) is 34.1 Å². The van der Waals surface area contributed by atoms with Crippen LogP contribution in [-0.2, 0) is 11.3 Å². The highest BCUT2D eigenvalue weighted by Crippen LogP contribution is 2.38. The average molecular weight is 461 g/mol. The summed E-state index contributed by atoms with van der Waals surface area (Å²) in [7, 11) is 0. The molecule has 2 aromatic rings. The molecule has 1 N–H and O–H groups in total. The molecule has 0 bridgehead atoms. The average Bonchev–Trinajstić information content (AvgIpc) is 2.75. The molecule has 4 nitrogen and oxygen atoms in total. The predicted octanol–water partition coefficient (Wildman–Crippen LogP) is 5.78. The van der Waals surface area contributed by atoms with Crippen molar-refractivity contribution in [1.29, 1.82) is 0 Å². The summed E-state index contributed by atoms with van der Waals surface area (Å²) in [6.45, 7) is 3.49. The molecule has 2 aromatic carbocycles. The number of piperidine rings is 1. The van der Waals surface area contributed by atoms with Gasteiger partial charge in [0.05, 0.1) is 23.4 Å². The van der Waals surface area contributed by atoms with E-state index in [2.05, 4.69) is 22.3 Å². The van der Waals surface area contributed by atoms with Crippen LogP contribution in [0.1, 0.15) is 48.0 Å². The van der Waals surface area contributed by atoms with Gasteiger partial charge in [0.25, 0.3) is 5.91 Å². The number of halogens is 2. The molecule has 166 valence electrons. The molecule has 0 aromatic heterocycles. The van der Waals surface area contributed by atoms with Gasteiger partial charge in [-0.15, -0.1) is 0 Å². The first-order chi connectivity index (χ1) is 15.1. The van der Waals surface area contributed by atoms with Crippen LogP contribution in [-0.4, -0.2) is 36.7 Å². The predicted molar refractivity (Wildman–Crippen MR) is 125 cm³/mol. The topological polar surface area (TPSA) is 41.6 Å². The van der Waals surface area contributed by atoms with Crippen LogP contribution in [0.15, 0.2) is 48.5 Å². The second kappa shape index (κ2) is 10.8. The lowest BCUT2D eigenvalue weighted by molar-refractivity contribution is -0.0134. The summed E-state index contributed by atoms with van der Waals surface area (Å²) in [5, 5.41) is 4.21. The number of ether oxygens (including phenoxy) is 1. The maximum absolute atomic E-state index is 13.0. The summed E-state index contributed by atoms with van der Waals surface area (Å²) in [5.74, 6) is 0.872. The van der Waals surface area contributed by atoms with E-state index in [-0.39, 0.29) is 12.1 Å². The highest BCUT2D eigenvalue weighted by Gasteiger charge is 2.39. The standard InChI is InChI=1S/C25H30Cl2N2O2/c26-21-9-10-22(23(27)15-21)25(30)28-24(29-11-5-2-6-12-29)20-13-19(14-20)17-31-16-18-7-3-1-4-8-18/h1,3-4,7-10,15,19-20,24H,2,5-6,11-14,16-17H2,(H,28,30). The van der Waals surface area contributed by atoms with Gasteiger partial charge in [0.15, 0.2) is 0 Å². The van der Waals surface area contributed by atoms with Crippen LogP contribution in [0.5, 0.6) is 0 Å². The molecule has 0 spiro atoms. The third-order valence-corrected chi connectivity index (χ3v) is 6.97. The van der Waals surface area contributed by atoms with E-state index in [0.717, 1.165) is 32.5 Å². The molecule has 0 radical (unpaired) electrons.